The van der Waals surface area contributed by atoms with Crippen molar-refractivity contribution >= 4 is 28.7 Å². The smallest absolute Gasteiger partial charge is 0.186 e. The Labute approximate surface area is 183 Å². The van der Waals surface area contributed by atoms with Crippen LogP contribution in [0.5, 0.6) is 0 Å². The van der Waals surface area contributed by atoms with Gasteiger partial charge in [-0.1, -0.05) is 19.1 Å². The molecule has 0 amide bonds. The lowest BCUT2D eigenvalue weighted by Crippen LogP contribution is -2.40. The van der Waals surface area contributed by atoms with Gasteiger partial charge in [0.2, 0.25) is 0 Å². The quantitative estimate of drug-likeness (QED) is 0.517. The van der Waals surface area contributed by atoms with Crippen molar-refractivity contribution < 1.29 is 8.76 Å². The van der Waals surface area contributed by atoms with Crippen molar-refractivity contribution in [3.8, 4) is 12.1 Å². The van der Waals surface area contributed by atoms with E-state index in [0.29, 0.717) is 39.0 Å². The molecule has 0 radical (unpaired) electrons. The molecule has 0 aliphatic carbocycles. The van der Waals surface area contributed by atoms with Crippen molar-refractivity contribution in [1.82, 2.24) is 4.98 Å². The molecule has 1 unspecified atom stereocenters. The zero-order chi connectivity index (χ0) is 21.7. The molecule has 1 aromatic heterocycles. The Bertz CT molecular complexity index is 1020. The van der Waals surface area contributed by atoms with Gasteiger partial charge in [0.15, 0.2) is 11.1 Å². The van der Waals surface area contributed by atoms with E-state index in [0.717, 1.165) is 37.1 Å². The van der Waals surface area contributed by atoms with E-state index in [1.165, 1.54) is 11.8 Å². The third-order valence-electron chi connectivity index (χ3n) is 5.17. The number of thioether (sulfide) groups is 1. The molecule has 1 atom stereocenters. The lowest BCUT2D eigenvalue weighted by atomic mass is 10.00. The molecule has 1 aliphatic rings. The van der Waals surface area contributed by atoms with Gasteiger partial charge in [-0.3, -0.25) is 0 Å². The summed E-state index contributed by atoms with van der Waals surface area (Å²) in [5.74, 6) is 1.19. The second-order valence-electron chi connectivity index (χ2n) is 7.05. The number of nitrogens with two attached hydrogens (primary N) is 1. The predicted octanol–water partition coefficient (Wildman–Crippen LogP) is 3.19. The number of nitriles is 2. The third kappa shape index (κ3) is 4.82. The summed E-state index contributed by atoms with van der Waals surface area (Å²) < 4.78 is 20.3. The summed E-state index contributed by atoms with van der Waals surface area (Å²) in [5.41, 5.74) is 8.63. The van der Waals surface area contributed by atoms with Gasteiger partial charge in [0.25, 0.3) is 0 Å². The molecule has 0 bridgehead atoms. The van der Waals surface area contributed by atoms with Crippen LogP contribution in [0, 0.1) is 22.7 Å². The van der Waals surface area contributed by atoms with Crippen LogP contribution in [0.15, 0.2) is 34.2 Å². The van der Waals surface area contributed by atoms with Gasteiger partial charge >= 0.3 is 0 Å². The first-order valence-electron chi connectivity index (χ1n) is 9.68. The first-order chi connectivity index (χ1) is 14.5. The van der Waals surface area contributed by atoms with Crippen molar-refractivity contribution in [1.29, 1.82) is 10.5 Å². The van der Waals surface area contributed by atoms with Gasteiger partial charge < -0.3 is 15.2 Å². The fourth-order valence-electron chi connectivity index (χ4n) is 3.48. The fourth-order valence-corrected chi connectivity index (χ4v) is 4.81. The Kier molecular flexibility index (Phi) is 7.46. The summed E-state index contributed by atoms with van der Waals surface area (Å²) in [6, 6.07) is 11.5. The van der Waals surface area contributed by atoms with Crippen LogP contribution in [0.4, 0.5) is 5.82 Å². The summed E-state index contributed by atoms with van der Waals surface area (Å²) in [7, 11) is 0. The molecule has 1 saturated heterocycles. The van der Waals surface area contributed by atoms with E-state index in [-0.39, 0.29) is 6.04 Å². The molecular formula is C21H23N5O2S2. The molecule has 0 saturated carbocycles. The number of aromatic nitrogens is 1. The zero-order valence-corrected chi connectivity index (χ0v) is 18.3. The SMILES string of the molecule is CCc1c(C#N)c(SCc2ccc(S(=O)O)cc2)nc(N2CCC(N)CC2)c1C#N. The topological polar surface area (TPSA) is 127 Å². The highest BCUT2D eigenvalue weighted by atomic mass is 32.2. The Hall–Kier alpha value is -2.43. The molecule has 3 rings (SSSR count). The summed E-state index contributed by atoms with van der Waals surface area (Å²) in [6.07, 6.45) is 2.25. The largest absolute Gasteiger partial charge is 0.355 e. The summed E-state index contributed by atoms with van der Waals surface area (Å²) in [4.78, 5) is 7.19. The van der Waals surface area contributed by atoms with Crippen molar-refractivity contribution in [2.75, 3.05) is 18.0 Å². The Morgan fingerprint density at radius 2 is 1.87 bits per heavy atom. The van der Waals surface area contributed by atoms with Crippen molar-refractivity contribution in [2.45, 2.75) is 47.9 Å². The number of hydrogen-bond donors (Lipinski definition) is 2. The number of rotatable bonds is 6. The van der Waals surface area contributed by atoms with E-state index in [1.54, 1.807) is 24.3 Å². The minimum atomic E-state index is -2.01. The summed E-state index contributed by atoms with van der Waals surface area (Å²) in [5, 5.41) is 20.2. The number of pyridine rings is 1. The van der Waals surface area contributed by atoms with E-state index in [2.05, 4.69) is 17.0 Å². The summed E-state index contributed by atoms with van der Waals surface area (Å²) in [6.45, 7) is 3.42. The van der Waals surface area contributed by atoms with E-state index >= 15 is 0 Å². The molecule has 2 aromatic rings. The molecule has 7 nitrogen and oxygen atoms in total. The van der Waals surface area contributed by atoms with Crippen LogP contribution in [0.2, 0.25) is 0 Å². The monoisotopic (exact) mass is 441 g/mol. The Balaban J connectivity index is 1.94. The highest BCUT2D eigenvalue weighted by molar-refractivity contribution is 7.98. The van der Waals surface area contributed by atoms with Gasteiger partial charge in [-0.15, -0.1) is 11.8 Å². The molecule has 1 aromatic carbocycles. The van der Waals surface area contributed by atoms with Crippen LogP contribution in [0.25, 0.3) is 0 Å². The maximum absolute atomic E-state index is 11.1. The normalized spacial score (nSPS) is 15.4. The van der Waals surface area contributed by atoms with Crippen LogP contribution in [0.3, 0.4) is 0 Å². The lowest BCUT2D eigenvalue weighted by Gasteiger charge is -2.32. The number of piperidine rings is 1. The minimum Gasteiger partial charge on any atom is -0.355 e. The maximum Gasteiger partial charge on any atom is 0.186 e. The van der Waals surface area contributed by atoms with E-state index in [9.17, 15) is 14.7 Å². The fraction of sp³-hybridized carbons (Fsp3) is 0.381. The molecule has 9 heteroatoms. The van der Waals surface area contributed by atoms with Crippen LogP contribution in [-0.4, -0.2) is 32.9 Å². The molecule has 0 spiro atoms. The van der Waals surface area contributed by atoms with Crippen molar-refractivity contribution in [3.63, 3.8) is 0 Å². The average molecular weight is 442 g/mol. The van der Waals surface area contributed by atoms with Crippen molar-refractivity contribution in [3.05, 3.63) is 46.5 Å². The van der Waals surface area contributed by atoms with Gasteiger partial charge in [-0.2, -0.15) is 10.5 Å². The summed E-state index contributed by atoms with van der Waals surface area (Å²) >= 11 is -0.573. The van der Waals surface area contributed by atoms with E-state index in [4.69, 9.17) is 15.3 Å². The van der Waals surface area contributed by atoms with E-state index in [1.807, 2.05) is 6.92 Å². The molecular weight excluding hydrogens is 418 g/mol. The minimum absolute atomic E-state index is 0.167. The lowest BCUT2D eigenvalue weighted by molar-refractivity contribution is 0.497. The van der Waals surface area contributed by atoms with Gasteiger partial charge in [0.1, 0.15) is 23.0 Å². The maximum atomic E-state index is 11.1. The van der Waals surface area contributed by atoms with E-state index < -0.39 is 11.1 Å². The second kappa shape index (κ2) is 10.1. The number of anilines is 1. The van der Waals surface area contributed by atoms with Crippen molar-refractivity contribution in [2.24, 2.45) is 5.73 Å². The first-order valence-corrected chi connectivity index (χ1v) is 11.8. The molecule has 156 valence electrons. The molecule has 3 N–H and O–H groups in total. The zero-order valence-electron chi connectivity index (χ0n) is 16.7. The van der Waals surface area contributed by atoms with Gasteiger partial charge in [-0.05, 0) is 42.5 Å². The number of hydrogen-bond acceptors (Lipinski definition) is 7. The van der Waals surface area contributed by atoms with Gasteiger partial charge in [-0.25, -0.2) is 9.19 Å². The average Bonchev–Trinajstić information content (AvgIpc) is 2.77. The van der Waals surface area contributed by atoms with Crippen LogP contribution in [-0.2, 0) is 23.3 Å². The highest BCUT2D eigenvalue weighted by Crippen LogP contribution is 2.34. The van der Waals surface area contributed by atoms with Gasteiger partial charge in [0, 0.05) is 24.9 Å². The third-order valence-corrected chi connectivity index (χ3v) is 6.89. The van der Waals surface area contributed by atoms with Crippen LogP contribution < -0.4 is 10.6 Å². The van der Waals surface area contributed by atoms with Crippen LogP contribution in [0.1, 0.15) is 42.0 Å². The molecule has 1 aliphatic heterocycles. The van der Waals surface area contributed by atoms with Crippen LogP contribution >= 0.6 is 11.8 Å². The molecule has 30 heavy (non-hydrogen) atoms. The van der Waals surface area contributed by atoms with Gasteiger partial charge in [0.05, 0.1) is 16.0 Å². The highest BCUT2D eigenvalue weighted by Gasteiger charge is 2.25. The molecule has 1 fully saturated rings. The Morgan fingerprint density at radius 1 is 1.23 bits per heavy atom. The standard InChI is InChI=1S/C21H23N5O2S2/c1-2-17-18(11-22)20(26-9-7-15(24)8-10-26)25-21(19(17)12-23)29-13-14-3-5-16(6-4-14)30(27)28/h3-6,15H,2,7-10,13,24H2,1H3,(H,27,28). The Morgan fingerprint density at radius 3 is 2.40 bits per heavy atom. The molecule has 2 heterocycles. The second-order valence-corrected chi connectivity index (χ2v) is 8.99. The first kappa shape index (κ1) is 22.3. The number of benzene rings is 1. The predicted molar refractivity (Wildman–Crippen MR) is 118 cm³/mol. The number of nitrogens with zero attached hydrogens (tertiary/aromatic N) is 4.